The quantitative estimate of drug-likeness (QED) is 0.904. The molecule has 0 saturated carbocycles. The number of thiophene rings is 1. The molecule has 0 atom stereocenters. The zero-order valence-corrected chi connectivity index (χ0v) is 11.0. The summed E-state index contributed by atoms with van der Waals surface area (Å²) in [4.78, 5) is 13.5. The van der Waals surface area contributed by atoms with Gasteiger partial charge in [-0.3, -0.25) is 4.79 Å². The van der Waals surface area contributed by atoms with Crippen LogP contribution in [0.1, 0.15) is 39.4 Å². The van der Waals surface area contributed by atoms with E-state index in [0.717, 1.165) is 18.4 Å². The number of hydrogen-bond acceptors (Lipinski definition) is 4. The first-order valence-corrected chi connectivity index (χ1v) is 6.96. The second kappa shape index (κ2) is 4.57. The Balaban J connectivity index is 1.82. The lowest BCUT2D eigenvalue weighted by Crippen LogP contribution is -2.14. The van der Waals surface area contributed by atoms with E-state index in [1.54, 1.807) is 24.3 Å². The van der Waals surface area contributed by atoms with Crippen LogP contribution >= 0.6 is 11.3 Å². The molecule has 1 aliphatic carbocycles. The Morgan fingerprint density at radius 3 is 3.06 bits per heavy atom. The average Bonchev–Trinajstić information content (AvgIpc) is 2.95. The van der Waals surface area contributed by atoms with Gasteiger partial charge in [0.15, 0.2) is 5.82 Å². The van der Waals surface area contributed by atoms with Crippen molar-refractivity contribution in [3.8, 4) is 0 Å². The fraction of sp³-hybridized carbons (Fsp3) is 0.385. The van der Waals surface area contributed by atoms with Crippen LogP contribution in [-0.2, 0) is 12.8 Å². The van der Waals surface area contributed by atoms with E-state index in [1.165, 1.54) is 23.3 Å². The molecule has 4 nitrogen and oxygen atoms in total. The predicted molar refractivity (Wildman–Crippen MR) is 70.2 cm³/mol. The maximum Gasteiger partial charge on any atom is 0.258 e. The Bertz CT molecular complexity index is 586. The molecule has 0 spiro atoms. The summed E-state index contributed by atoms with van der Waals surface area (Å²) in [5, 5.41) is 8.51. The SMILES string of the molecule is Cc1cc(NC(=O)c2csc3c2CCCC3)no1. The van der Waals surface area contributed by atoms with E-state index in [2.05, 4.69) is 10.5 Å². The second-order valence-electron chi connectivity index (χ2n) is 4.54. The normalized spacial score (nSPS) is 14.3. The van der Waals surface area contributed by atoms with Crippen molar-refractivity contribution in [3.05, 3.63) is 33.2 Å². The first kappa shape index (κ1) is 11.5. The van der Waals surface area contributed by atoms with Crippen LogP contribution in [0.4, 0.5) is 5.82 Å². The summed E-state index contributed by atoms with van der Waals surface area (Å²) in [6.45, 7) is 1.80. The van der Waals surface area contributed by atoms with E-state index in [4.69, 9.17) is 4.52 Å². The molecule has 2 aromatic heterocycles. The summed E-state index contributed by atoms with van der Waals surface area (Å²) in [6, 6.07) is 1.72. The van der Waals surface area contributed by atoms with Gasteiger partial charge in [0.1, 0.15) is 5.76 Å². The summed E-state index contributed by atoms with van der Waals surface area (Å²) >= 11 is 1.69. The number of anilines is 1. The maximum absolute atomic E-state index is 12.2. The van der Waals surface area contributed by atoms with Gasteiger partial charge in [0.05, 0.1) is 5.56 Å². The van der Waals surface area contributed by atoms with E-state index < -0.39 is 0 Å². The molecule has 94 valence electrons. The average molecular weight is 262 g/mol. The van der Waals surface area contributed by atoms with Crippen molar-refractivity contribution in [3.63, 3.8) is 0 Å². The van der Waals surface area contributed by atoms with Crippen molar-refractivity contribution >= 4 is 23.1 Å². The summed E-state index contributed by atoms with van der Waals surface area (Å²) in [5.74, 6) is 1.09. The number of rotatable bonds is 2. The van der Waals surface area contributed by atoms with E-state index in [0.29, 0.717) is 11.6 Å². The van der Waals surface area contributed by atoms with Gasteiger partial charge in [0, 0.05) is 16.3 Å². The highest BCUT2D eigenvalue weighted by Gasteiger charge is 2.20. The predicted octanol–water partition coefficient (Wildman–Crippen LogP) is 3.18. The third kappa shape index (κ3) is 2.06. The lowest BCUT2D eigenvalue weighted by Gasteiger charge is -2.12. The van der Waals surface area contributed by atoms with Gasteiger partial charge >= 0.3 is 0 Å². The van der Waals surface area contributed by atoms with Crippen LogP contribution in [0.15, 0.2) is 16.0 Å². The zero-order valence-electron chi connectivity index (χ0n) is 10.2. The van der Waals surface area contributed by atoms with Crippen molar-refractivity contribution < 1.29 is 9.32 Å². The van der Waals surface area contributed by atoms with Crippen molar-refractivity contribution in [2.45, 2.75) is 32.6 Å². The molecule has 0 bridgehead atoms. The highest BCUT2D eigenvalue weighted by Crippen LogP contribution is 2.30. The molecule has 0 saturated heterocycles. The van der Waals surface area contributed by atoms with Crippen molar-refractivity contribution in [1.82, 2.24) is 5.16 Å². The monoisotopic (exact) mass is 262 g/mol. The largest absolute Gasteiger partial charge is 0.360 e. The molecule has 0 unspecified atom stereocenters. The van der Waals surface area contributed by atoms with Gasteiger partial charge in [-0.1, -0.05) is 5.16 Å². The molecule has 18 heavy (non-hydrogen) atoms. The van der Waals surface area contributed by atoms with E-state index in [9.17, 15) is 4.79 Å². The summed E-state index contributed by atoms with van der Waals surface area (Å²) < 4.78 is 4.93. The van der Waals surface area contributed by atoms with Crippen molar-refractivity contribution in [1.29, 1.82) is 0 Å². The molecule has 0 aromatic carbocycles. The fourth-order valence-corrected chi connectivity index (χ4v) is 3.42. The molecular weight excluding hydrogens is 248 g/mol. The van der Waals surface area contributed by atoms with Gasteiger partial charge in [0.2, 0.25) is 0 Å². The van der Waals surface area contributed by atoms with Gasteiger partial charge < -0.3 is 9.84 Å². The summed E-state index contributed by atoms with van der Waals surface area (Å²) in [6.07, 6.45) is 4.53. The van der Waals surface area contributed by atoms with Gasteiger partial charge in [-0.05, 0) is 38.2 Å². The number of amides is 1. The number of nitrogens with one attached hydrogen (secondary N) is 1. The first-order valence-electron chi connectivity index (χ1n) is 6.08. The van der Waals surface area contributed by atoms with Crippen LogP contribution < -0.4 is 5.32 Å². The Labute approximate surface area is 109 Å². The van der Waals surface area contributed by atoms with Crippen LogP contribution in [0.25, 0.3) is 0 Å². The number of nitrogens with zero attached hydrogens (tertiary/aromatic N) is 1. The van der Waals surface area contributed by atoms with Gasteiger partial charge in [-0.15, -0.1) is 11.3 Å². The number of fused-ring (bicyclic) bond motifs is 1. The summed E-state index contributed by atoms with van der Waals surface area (Å²) in [7, 11) is 0. The highest BCUT2D eigenvalue weighted by atomic mass is 32.1. The highest BCUT2D eigenvalue weighted by molar-refractivity contribution is 7.10. The molecule has 0 aliphatic heterocycles. The molecule has 3 rings (SSSR count). The van der Waals surface area contributed by atoms with E-state index in [-0.39, 0.29) is 5.91 Å². The smallest absolute Gasteiger partial charge is 0.258 e. The van der Waals surface area contributed by atoms with Crippen LogP contribution in [0.5, 0.6) is 0 Å². The topological polar surface area (TPSA) is 55.1 Å². The molecule has 5 heteroatoms. The Morgan fingerprint density at radius 1 is 1.44 bits per heavy atom. The minimum Gasteiger partial charge on any atom is -0.360 e. The number of carbonyl (C=O) groups is 1. The van der Waals surface area contributed by atoms with Gasteiger partial charge in [-0.25, -0.2) is 0 Å². The lowest BCUT2D eigenvalue weighted by atomic mass is 9.96. The van der Waals surface area contributed by atoms with Crippen LogP contribution in [0, 0.1) is 6.92 Å². The standard InChI is InChI=1S/C13H14N2O2S/c1-8-6-12(15-17-8)14-13(16)10-7-18-11-5-3-2-4-9(10)11/h6-7H,2-5H2,1H3,(H,14,15,16). The van der Waals surface area contributed by atoms with E-state index >= 15 is 0 Å². The Hall–Kier alpha value is -1.62. The zero-order chi connectivity index (χ0) is 12.5. The number of carbonyl (C=O) groups excluding carboxylic acids is 1. The molecule has 2 aromatic rings. The molecule has 1 amide bonds. The number of aromatic nitrogens is 1. The van der Waals surface area contributed by atoms with Crippen molar-refractivity contribution in [2.75, 3.05) is 5.32 Å². The van der Waals surface area contributed by atoms with Gasteiger partial charge in [0.25, 0.3) is 5.91 Å². The minimum absolute atomic E-state index is 0.0808. The first-order chi connectivity index (χ1) is 8.74. The molecule has 0 fully saturated rings. The molecule has 1 aliphatic rings. The minimum atomic E-state index is -0.0808. The summed E-state index contributed by atoms with van der Waals surface area (Å²) in [5.41, 5.74) is 2.03. The van der Waals surface area contributed by atoms with Crippen LogP contribution in [-0.4, -0.2) is 11.1 Å². The third-order valence-corrected chi connectivity index (χ3v) is 4.26. The van der Waals surface area contributed by atoms with E-state index in [1.807, 2.05) is 5.38 Å². The van der Waals surface area contributed by atoms with Gasteiger partial charge in [-0.2, -0.15) is 0 Å². The Kier molecular flexibility index (Phi) is 2.91. The van der Waals surface area contributed by atoms with Crippen molar-refractivity contribution in [2.24, 2.45) is 0 Å². The fourth-order valence-electron chi connectivity index (χ4n) is 2.29. The maximum atomic E-state index is 12.2. The molecule has 1 N–H and O–H groups in total. The number of hydrogen-bond donors (Lipinski definition) is 1. The number of aryl methyl sites for hydroxylation is 2. The molecule has 0 radical (unpaired) electrons. The second-order valence-corrected chi connectivity index (χ2v) is 5.50. The van der Waals surface area contributed by atoms with Crippen LogP contribution in [0.2, 0.25) is 0 Å². The van der Waals surface area contributed by atoms with Crippen LogP contribution in [0.3, 0.4) is 0 Å². The Morgan fingerprint density at radius 2 is 2.28 bits per heavy atom. The molecular formula is C13H14N2O2S. The third-order valence-electron chi connectivity index (χ3n) is 3.18. The molecule has 2 heterocycles. The lowest BCUT2D eigenvalue weighted by molar-refractivity contribution is 0.102.